The minimum absolute atomic E-state index is 0.0860. The lowest BCUT2D eigenvalue weighted by atomic mass is 9.50. The Labute approximate surface area is 263 Å². The Bertz CT molecular complexity index is 1280. The van der Waals surface area contributed by atoms with Crippen molar-refractivity contribution >= 4 is 23.5 Å². The van der Waals surface area contributed by atoms with Gasteiger partial charge in [0.05, 0.1) is 11.4 Å². The quantitative estimate of drug-likeness (QED) is 0.104. The van der Waals surface area contributed by atoms with Gasteiger partial charge in [0.15, 0.2) is 0 Å². The van der Waals surface area contributed by atoms with E-state index in [-0.39, 0.29) is 23.7 Å². The maximum atomic E-state index is 5.19. The molecular formula is C36H48N8. The zero-order valence-electron chi connectivity index (χ0n) is 26.7. The lowest BCUT2D eigenvalue weighted by molar-refractivity contribution is 0.220. The molecule has 0 bridgehead atoms. The molecule has 0 saturated heterocycles. The summed E-state index contributed by atoms with van der Waals surface area (Å²) in [4.78, 5) is 20.1. The Hall–Kier alpha value is -4.20. The topological polar surface area (TPSA) is 99.7 Å². The number of nitrogens with zero attached hydrogens (tertiary/aromatic N) is 4. The highest BCUT2D eigenvalue weighted by atomic mass is 15.2. The van der Waals surface area contributed by atoms with Crippen LogP contribution in [0.1, 0.15) is 99.6 Å². The average molecular weight is 593 g/mol. The van der Waals surface area contributed by atoms with E-state index in [2.05, 4.69) is 122 Å². The van der Waals surface area contributed by atoms with Gasteiger partial charge in [0.1, 0.15) is 11.6 Å². The van der Waals surface area contributed by atoms with E-state index < -0.39 is 0 Å². The molecule has 1 aliphatic rings. The Balaban J connectivity index is 1.69. The van der Waals surface area contributed by atoms with Crippen molar-refractivity contribution < 1.29 is 0 Å². The fraction of sp³-hybridized carbons (Fsp3) is 0.444. The second-order valence-corrected chi connectivity index (χ2v) is 11.6. The summed E-state index contributed by atoms with van der Waals surface area (Å²) < 4.78 is 0. The molecule has 8 heteroatoms. The van der Waals surface area contributed by atoms with Gasteiger partial charge in [-0.05, 0) is 36.8 Å². The largest absolute Gasteiger partial charge is 0.370 e. The molecule has 4 atom stereocenters. The first-order valence-electron chi connectivity index (χ1n) is 16.5. The first kappa shape index (κ1) is 31.2. The molecule has 2 heterocycles. The molecule has 0 aliphatic heterocycles. The molecule has 1 aliphatic carbocycles. The molecular weight excluding hydrogens is 544 g/mol. The van der Waals surface area contributed by atoms with Gasteiger partial charge in [-0.2, -0.15) is 9.97 Å². The summed E-state index contributed by atoms with van der Waals surface area (Å²) in [7, 11) is 0. The van der Waals surface area contributed by atoms with Crippen LogP contribution in [0.3, 0.4) is 0 Å². The van der Waals surface area contributed by atoms with Gasteiger partial charge < -0.3 is 21.3 Å². The van der Waals surface area contributed by atoms with Gasteiger partial charge in [-0.3, -0.25) is 0 Å². The van der Waals surface area contributed by atoms with E-state index in [1.807, 2.05) is 0 Å². The molecule has 2 aromatic carbocycles. The van der Waals surface area contributed by atoms with Crippen molar-refractivity contribution in [3.8, 4) is 0 Å². The average Bonchev–Trinajstić information content (AvgIpc) is 3.05. The molecule has 5 rings (SSSR count). The number of anilines is 4. The molecule has 0 spiro atoms. The van der Waals surface area contributed by atoms with E-state index in [4.69, 9.17) is 19.9 Å². The zero-order valence-corrected chi connectivity index (χ0v) is 26.7. The predicted octanol–water partition coefficient (Wildman–Crippen LogP) is 8.00. The molecule has 8 nitrogen and oxygen atoms in total. The summed E-state index contributed by atoms with van der Waals surface area (Å²) in [5, 5.41) is 14.0. The number of rotatable bonds is 16. The predicted molar refractivity (Wildman–Crippen MR) is 183 cm³/mol. The standard InChI is InChI=1S/C36H48N8/c1-5-19-37-29-23-27(41-35(43-29)39-21-7-3)33-31(25-15-11-9-12-16-25)32(26-17-13-10-14-18-26)34(33)28-24-30(38-20-6-2)44-36(42-28)40-22-8-4/h9-18,23-24,31-34H,5-8,19-22H2,1-4H3,(H2,37,39,41,43)(H2,38,40,42,44). The van der Waals surface area contributed by atoms with Crippen molar-refractivity contribution in [2.75, 3.05) is 47.4 Å². The first-order chi connectivity index (χ1) is 21.7. The second-order valence-electron chi connectivity index (χ2n) is 11.6. The van der Waals surface area contributed by atoms with Crippen LogP contribution in [0.25, 0.3) is 0 Å². The molecule has 44 heavy (non-hydrogen) atoms. The van der Waals surface area contributed by atoms with Crippen LogP contribution in [0, 0.1) is 0 Å². The first-order valence-corrected chi connectivity index (χ1v) is 16.5. The normalized spacial score (nSPS) is 19.2. The summed E-state index contributed by atoms with van der Waals surface area (Å²) in [6.45, 7) is 12.0. The third-order valence-electron chi connectivity index (χ3n) is 8.27. The van der Waals surface area contributed by atoms with Crippen molar-refractivity contribution in [2.24, 2.45) is 0 Å². The van der Waals surface area contributed by atoms with Crippen molar-refractivity contribution in [2.45, 2.75) is 77.0 Å². The SMILES string of the molecule is CCCNc1cc(C2C(c3ccccc3)C(c3ccccc3)C2c2cc(NCCC)nc(NCCC)n2)nc(NCCC)n1. The third kappa shape index (κ3) is 7.29. The van der Waals surface area contributed by atoms with Gasteiger partial charge in [-0.15, -0.1) is 0 Å². The monoisotopic (exact) mass is 592 g/mol. The molecule has 4 aromatic rings. The van der Waals surface area contributed by atoms with Crippen molar-refractivity contribution in [1.29, 1.82) is 0 Å². The van der Waals surface area contributed by atoms with Crippen molar-refractivity contribution in [3.05, 3.63) is 95.3 Å². The third-order valence-corrected chi connectivity index (χ3v) is 8.27. The number of benzene rings is 2. The molecule has 1 saturated carbocycles. The Kier molecular flexibility index (Phi) is 11.0. The van der Waals surface area contributed by atoms with Crippen LogP contribution >= 0.6 is 0 Å². The minimum Gasteiger partial charge on any atom is -0.370 e. The van der Waals surface area contributed by atoms with Crippen LogP contribution in [0.2, 0.25) is 0 Å². The van der Waals surface area contributed by atoms with Crippen LogP contribution in [0.4, 0.5) is 23.5 Å². The number of aromatic nitrogens is 4. The summed E-state index contributed by atoms with van der Waals surface area (Å²) in [6, 6.07) is 26.2. The van der Waals surface area contributed by atoms with Crippen LogP contribution in [-0.2, 0) is 0 Å². The maximum absolute atomic E-state index is 5.19. The highest BCUT2D eigenvalue weighted by Gasteiger charge is 2.54. The van der Waals surface area contributed by atoms with E-state index in [1.54, 1.807) is 0 Å². The van der Waals surface area contributed by atoms with Crippen LogP contribution in [-0.4, -0.2) is 46.1 Å². The van der Waals surface area contributed by atoms with Gasteiger partial charge in [0.25, 0.3) is 0 Å². The van der Waals surface area contributed by atoms with Crippen LogP contribution in [0.5, 0.6) is 0 Å². The van der Waals surface area contributed by atoms with Crippen LogP contribution < -0.4 is 21.3 Å². The molecule has 0 amide bonds. The smallest absolute Gasteiger partial charge is 0.224 e. The summed E-state index contributed by atoms with van der Waals surface area (Å²) in [5.74, 6) is 3.68. The van der Waals surface area contributed by atoms with Gasteiger partial charge >= 0.3 is 0 Å². The molecule has 0 radical (unpaired) electrons. The fourth-order valence-electron chi connectivity index (χ4n) is 6.26. The van der Waals surface area contributed by atoms with Crippen molar-refractivity contribution in [3.63, 3.8) is 0 Å². The minimum atomic E-state index is 0.0860. The lowest BCUT2D eigenvalue weighted by Gasteiger charge is -2.52. The molecule has 4 N–H and O–H groups in total. The molecule has 1 fully saturated rings. The number of nitrogens with one attached hydrogen (secondary N) is 4. The maximum Gasteiger partial charge on any atom is 0.224 e. The summed E-state index contributed by atoms with van der Waals surface area (Å²) >= 11 is 0. The van der Waals surface area contributed by atoms with Gasteiger partial charge in [-0.25, -0.2) is 9.97 Å². The molecule has 4 unspecified atom stereocenters. The highest BCUT2D eigenvalue weighted by molar-refractivity contribution is 5.52. The van der Waals surface area contributed by atoms with E-state index in [1.165, 1.54) is 11.1 Å². The van der Waals surface area contributed by atoms with E-state index in [9.17, 15) is 0 Å². The highest BCUT2D eigenvalue weighted by Crippen LogP contribution is 2.66. The fourth-order valence-corrected chi connectivity index (χ4v) is 6.26. The van der Waals surface area contributed by atoms with Crippen molar-refractivity contribution in [1.82, 2.24) is 19.9 Å². The van der Waals surface area contributed by atoms with E-state index in [0.29, 0.717) is 11.9 Å². The van der Waals surface area contributed by atoms with Crippen LogP contribution in [0.15, 0.2) is 72.8 Å². The van der Waals surface area contributed by atoms with Gasteiger partial charge in [0.2, 0.25) is 11.9 Å². The molecule has 2 aromatic heterocycles. The summed E-state index contributed by atoms with van der Waals surface area (Å²) in [6.07, 6.45) is 4.05. The second kappa shape index (κ2) is 15.5. The Morgan fingerprint density at radius 1 is 0.455 bits per heavy atom. The Morgan fingerprint density at radius 2 is 0.818 bits per heavy atom. The Morgan fingerprint density at radius 3 is 1.18 bits per heavy atom. The van der Waals surface area contributed by atoms with E-state index in [0.717, 1.165) is 74.9 Å². The van der Waals surface area contributed by atoms with Gasteiger partial charge in [-0.1, -0.05) is 88.4 Å². The number of hydrogen-bond acceptors (Lipinski definition) is 8. The molecule has 232 valence electrons. The number of hydrogen-bond donors (Lipinski definition) is 4. The summed E-state index contributed by atoms with van der Waals surface area (Å²) in [5.41, 5.74) is 4.70. The van der Waals surface area contributed by atoms with E-state index >= 15 is 0 Å². The van der Waals surface area contributed by atoms with Gasteiger partial charge in [0, 0.05) is 62.0 Å². The zero-order chi connectivity index (χ0) is 30.7. The lowest BCUT2D eigenvalue weighted by Crippen LogP contribution is -2.41.